The van der Waals surface area contributed by atoms with E-state index in [0.29, 0.717) is 5.82 Å². The summed E-state index contributed by atoms with van der Waals surface area (Å²) >= 11 is 0. The Morgan fingerprint density at radius 3 is 2.45 bits per heavy atom. The normalized spacial score (nSPS) is 11.8. The number of aromatic amines is 1. The predicted octanol–water partition coefficient (Wildman–Crippen LogP) is 2.36. The van der Waals surface area contributed by atoms with Crippen molar-refractivity contribution in [3.05, 3.63) is 47.2 Å². The highest BCUT2D eigenvalue weighted by Gasteiger charge is 2.31. The lowest BCUT2D eigenvalue weighted by molar-refractivity contribution is 0.441. The largest absolute Gasteiger partial charge is 0.492 e. The van der Waals surface area contributed by atoms with Crippen LogP contribution in [0.15, 0.2) is 24.3 Å². The fourth-order valence-electron chi connectivity index (χ4n) is 2.12. The molecule has 6 heteroatoms. The topological polar surface area (TPSA) is 96.5 Å². The first-order valence-electron chi connectivity index (χ1n) is 5.87. The SMILES string of the molecule is Cc1nc(O)c([C@@H](c2ccccc2F)C(C#N)C#N)[nH]1. The molecule has 0 spiro atoms. The van der Waals surface area contributed by atoms with Gasteiger partial charge >= 0.3 is 0 Å². The fourth-order valence-corrected chi connectivity index (χ4v) is 2.12. The molecule has 20 heavy (non-hydrogen) atoms. The number of aryl methyl sites for hydroxylation is 1. The fraction of sp³-hybridized carbons (Fsp3) is 0.214. The van der Waals surface area contributed by atoms with Crippen molar-refractivity contribution in [1.29, 1.82) is 10.5 Å². The molecule has 5 nitrogen and oxygen atoms in total. The van der Waals surface area contributed by atoms with Crippen LogP contribution in [0.1, 0.15) is 23.0 Å². The number of aromatic hydroxyl groups is 1. The van der Waals surface area contributed by atoms with Crippen LogP contribution < -0.4 is 0 Å². The molecule has 2 aromatic rings. The molecule has 0 bridgehead atoms. The number of rotatable bonds is 3. The molecule has 1 heterocycles. The Labute approximate surface area is 114 Å². The molecule has 0 fully saturated rings. The van der Waals surface area contributed by atoms with Gasteiger partial charge < -0.3 is 10.1 Å². The second-order valence-corrected chi connectivity index (χ2v) is 4.29. The van der Waals surface area contributed by atoms with E-state index in [-0.39, 0.29) is 17.1 Å². The van der Waals surface area contributed by atoms with Crippen LogP contribution in [0.25, 0.3) is 0 Å². The number of nitrogens with one attached hydrogen (secondary N) is 1. The molecule has 1 atom stereocenters. The zero-order chi connectivity index (χ0) is 14.7. The number of hydrogen-bond donors (Lipinski definition) is 2. The number of H-pyrrole nitrogens is 1. The zero-order valence-electron chi connectivity index (χ0n) is 10.6. The molecule has 0 amide bonds. The van der Waals surface area contributed by atoms with E-state index in [1.165, 1.54) is 18.2 Å². The third-order valence-electron chi connectivity index (χ3n) is 2.99. The maximum Gasteiger partial charge on any atom is 0.233 e. The van der Waals surface area contributed by atoms with E-state index < -0.39 is 17.7 Å². The third-order valence-corrected chi connectivity index (χ3v) is 2.99. The van der Waals surface area contributed by atoms with E-state index in [0.717, 1.165) is 0 Å². The number of nitriles is 2. The van der Waals surface area contributed by atoms with Gasteiger partial charge in [0.15, 0.2) is 0 Å². The van der Waals surface area contributed by atoms with Crippen molar-refractivity contribution in [2.24, 2.45) is 5.92 Å². The summed E-state index contributed by atoms with van der Waals surface area (Å²) in [5.74, 6) is -2.51. The van der Waals surface area contributed by atoms with Crippen molar-refractivity contribution >= 4 is 0 Å². The Morgan fingerprint density at radius 2 is 1.95 bits per heavy atom. The maximum absolute atomic E-state index is 14.0. The average molecular weight is 270 g/mol. The number of imidazole rings is 1. The van der Waals surface area contributed by atoms with Crippen LogP contribution in [0.3, 0.4) is 0 Å². The minimum Gasteiger partial charge on any atom is -0.492 e. The molecule has 0 aliphatic heterocycles. The standard InChI is InChI=1S/C14H11FN4O/c1-8-18-13(14(20)19-8)12(9(6-16)7-17)10-4-2-3-5-11(10)15/h2-5,9,12,20H,1H3,(H,18,19)/t12-/m1/s1. The van der Waals surface area contributed by atoms with E-state index in [1.807, 2.05) is 12.1 Å². The zero-order valence-corrected chi connectivity index (χ0v) is 10.6. The lowest BCUT2D eigenvalue weighted by atomic mass is 9.85. The first-order valence-corrected chi connectivity index (χ1v) is 5.87. The molecular formula is C14H11FN4O. The van der Waals surface area contributed by atoms with Gasteiger partial charge in [-0.3, -0.25) is 0 Å². The van der Waals surface area contributed by atoms with Gasteiger partial charge in [0.2, 0.25) is 5.88 Å². The Balaban J connectivity index is 2.64. The summed E-state index contributed by atoms with van der Waals surface area (Å²) in [5.41, 5.74) is 0.334. The van der Waals surface area contributed by atoms with Crippen molar-refractivity contribution in [1.82, 2.24) is 9.97 Å². The maximum atomic E-state index is 14.0. The molecule has 2 rings (SSSR count). The number of benzene rings is 1. The summed E-state index contributed by atoms with van der Waals surface area (Å²) in [6.07, 6.45) is 0. The van der Waals surface area contributed by atoms with Crippen LogP contribution in [0.4, 0.5) is 4.39 Å². The lowest BCUT2D eigenvalue weighted by Gasteiger charge is -2.17. The summed E-state index contributed by atoms with van der Waals surface area (Å²) in [7, 11) is 0. The van der Waals surface area contributed by atoms with Gasteiger partial charge in [0.1, 0.15) is 17.6 Å². The van der Waals surface area contributed by atoms with Gasteiger partial charge in [0.05, 0.1) is 23.8 Å². The monoisotopic (exact) mass is 270 g/mol. The van der Waals surface area contributed by atoms with Crippen molar-refractivity contribution < 1.29 is 9.50 Å². The first kappa shape index (κ1) is 13.6. The molecule has 0 unspecified atom stereocenters. The van der Waals surface area contributed by atoms with Crippen molar-refractivity contribution in [2.75, 3.05) is 0 Å². The second kappa shape index (κ2) is 5.41. The van der Waals surface area contributed by atoms with Gasteiger partial charge in [-0.25, -0.2) is 4.39 Å². The van der Waals surface area contributed by atoms with Crippen LogP contribution in [0, 0.1) is 41.3 Å². The summed E-state index contributed by atoms with van der Waals surface area (Å²) in [5, 5.41) is 28.0. The van der Waals surface area contributed by atoms with Gasteiger partial charge in [-0.1, -0.05) is 18.2 Å². The van der Waals surface area contributed by atoms with E-state index in [2.05, 4.69) is 9.97 Å². The van der Waals surface area contributed by atoms with Crippen LogP contribution in [0.5, 0.6) is 5.88 Å². The molecule has 0 saturated carbocycles. The summed E-state index contributed by atoms with van der Waals surface area (Å²) in [6.45, 7) is 1.62. The van der Waals surface area contributed by atoms with Gasteiger partial charge in [-0.15, -0.1) is 0 Å². The molecule has 0 radical (unpaired) electrons. The average Bonchev–Trinajstić information content (AvgIpc) is 2.76. The smallest absolute Gasteiger partial charge is 0.233 e. The summed E-state index contributed by atoms with van der Waals surface area (Å²) in [4.78, 5) is 6.59. The number of hydrogen-bond acceptors (Lipinski definition) is 4. The predicted molar refractivity (Wildman–Crippen MR) is 67.9 cm³/mol. The van der Waals surface area contributed by atoms with E-state index in [1.54, 1.807) is 13.0 Å². The highest BCUT2D eigenvalue weighted by Crippen LogP contribution is 2.36. The van der Waals surface area contributed by atoms with Crippen LogP contribution >= 0.6 is 0 Å². The third kappa shape index (κ3) is 2.32. The van der Waals surface area contributed by atoms with Crippen LogP contribution in [-0.2, 0) is 0 Å². The van der Waals surface area contributed by atoms with Crippen molar-refractivity contribution in [3.8, 4) is 18.0 Å². The van der Waals surface area contributed by atoms with Crippen molar-refractivity contribution in [2.45, 2.75) is 12.8 Å². The number of aromatic nitrogens is 2. The Bertz CT molecular complexity index is 697. The summed E-state index contributed by atoms with van der Waals surface area (Å²) in [6, 6.07) is 9.50. The summed E-state index contributed by atoms with van der Waals surface area (Å²) < 4.78 is 14.0. The van der Waals surface area contributed by atoms with E-state index in [4.69, 9.17) is 10.5 Å². The minimum atomic E-state index is -1.14. The van der Waals surface area contributed by atoms with E-state index >= 15 is 0 Å². The lowest BCUT2D eigenvalue weighted by Crippen LogP contribution is -2.14. The van der Waals surface area contributed by atoms with Gasteiger partial charge in [0.25, 0.3) is 0 Å². The van der Waals surface area contributed by atoms with Gasteiger partial charge in [-0.05, 0) is 18.6 Å². The second-order valence-electron chi connectivity index (χ2n) is 4.29. The molecule has 0 aliphatic carbocycles. The molecule has 2 N–H and O–H groups in total. The minimum absolute atomic E-state index is 0.166. The first-order chi connectivity index (χ1) is 9.58. The molecule has 0 saturated heterocycles. The number of nitrogens with zero attached hydrogens (tertiary/aromatic N) is 3. The highest BCUT2D eigenvalue weighted by atomic mass is 19.1. The van der Waals surface area contributed by atoms with Crippen molar-refractivity contribution in [3.63, 3.8) is 0 Å². The van der Waals surface area contributed by atoms with Crippen LogP contribution in [-0.4, -0.2) is 15.1 Å². The number of halogens is 1. The van der Waals surface area contributed by atoms with Crippen LogP contribution in [0.2, 0.25) is 0 Å². The van der Waals surface area contributed by atoms with Gasteiger partial charge in [0, 0.05) is 0 Å². The molecule has 1 aromatic heterocycles. The van der Waals surface area contributed by atoms with Gasteiger partial charge in [-0.2, -0.15) is 15.5 Å². The molecular weight excluding hydrogens is 259 g/mol. The Morgan fingerprint density at radius 1 is 1.30 bits per heavy atom. The molecule has 1 aromatic carbocycles. The quantitative estimate of drug-likeness (QED) is 0.894. The van der Waals surface area contributed by atoms with E-state index in [9.17, 15) is 9.50 Å². The highest BCUT2D eigenvalue weighted by molar-refractivity contribution is 5.39. The Hall–Kier alpha value is -2.86. The molecule has 0 aliphatic rings. The Kier molecular flexibility index (Phi) is 3.67. The molecule has 100 valence electrons.